The monoisotopic (exact) mass is 378 g/mol. The molecule has 21 heavy (non-hydrogen) atoms. The number of nitrogens with one attached hydrogen (secondary N) is 1. The summed E-state index contributed by atoms with van der Waals surface area (Å²) in [7, 11) is 0. The molecular weight excluding hydrogens is 373 g/mol. The average Bonchev–Trinajstić information content (AvgIpc) is 2.39. The summed E-state index contributed by atoms with van der Waals surface area (Å²) >= 11 is 8.55. The van der Waals surface area contributed by atoms with Crippen molar-refractivity contribution < 1.29 is 18.0 Å². The van der Waals surface area contributed by atoms with Crippen LogP contribution in [0.5, 0.6) is 0 Å². The molecule has 110 valence electrons. The maximum absolute atomic E-state index is 12.8. The maximum Gasteiger partial charge on any atom is 0.417 e. The third-order valence-electron chi connectivity index (χ3n) is 2.48. The molecule has 0 atom stereocenters. The van der Waals surface area contributed by atoms with E-state index in [2.05, 4.69) is 26.2 Å². The van der Waals surface area contributed by atoms with E-state index >= 15 is 0 Å². The van der Waals surface area contributed by atoms with Crippen molar-refractivity contribution in [3.63, 3.8) is 0 Å². The van der Waals surface area contributed by atoms with Crippen molar-refractivity contribution in [1.82, 2.24) is 4.98 Å². The second kappa shape index (κ2) is 6.03. The Morgan fingerprint density at radius 1 is 1.24 bits per heavy atom. The molecule has 2 aromatic rings. The van der Waals surface area contributed by atoms with Crippen molar-refractivity contribution in [2.75, 3.05) is 5.32 Å². The zero-order valence-corrected chi connectivity index (χ0v) is 12.6. The number of hydrogen-bond donors (Lipinski definition) is 1. The minimum absolute atomic E-state index is 0.0114. The molecule has 1 aromatic carbocycles. The Balaban J connectivity index is 2.26. The number of nitrogens with zero attached hydrogens (tertiary/aromatic N) is 1. The van der Waals surface area contributed by atoms with Crippen molar-refractivity contribution in [3.05, 3.63) is 57.3 Å². The summed E-state index contributed by atoms with van der Waals surface area (Å²) in [4.78, 5) is 15.7. The molecule has 0 aliphatic heterocycles. The Labute approximate surface area is 131 Å². The number of aromatic nitrogens is 1. The Morgan fingerprint density at radius 2 is 1.95 bits per heavy atom. The molecule has 1 amide bonds. The number of anilines is 1. The van der Waals surface area contributed by atoms with Gasteiger partial charge in [-0.25, -0.2) is 0 Å². The molecule has 0 saturated carbocycles. The molecule has 8 heteroatoms. The number of halogens is 5. The van der Waals surface area contributed by atoms with E-state index < -0.39 is 17.6 Å². The van der Waals surface area contributed by atoms with E-state index in [4.69, 9.17) is 11.6 Å². The molecular formula is C13H7BrClF3N2O. The highest BCUT2D eigenvalue weighted by Gasteiger charge is 2.33. The van der Waals surface area contributed by atoms with Gasteiger partial charge in [-0.05, 0) is 30.3 Å². The molecule has 3 nitrogen and oxygen atoms in total. The fourth-order valence-electron chi connectivity index (χ4n) is 1.54. The number of pyridine rings is 1. The van der Waals surface area contributed by atoms with Crippen LogP contribution in [0, 0.1) is 0 Å². The largest absolute Gasteiger partial charge is 0.417 e. The molecule has 0 fully saturated rings. The summed E-state index contributed by atoms with van der Waals surface area (Å²) in [6.45, 7) is 0. The number of carbonyl (C=O) groups excluding carboxylic acids is 1. The minimum Gasteiger partial charge on any atom is -0.321 e. The lowest BCUT2D eigenvalue weighted by molar-refractivity contribution is -0.138. The summed E-state index contributed by atoms with van der Waals surface area (Å²) < 4.78 is 38.2. The normalized spacial score (nSPS) is 11.3. The Kier molecular flexibility index (Phi) is 4.53. The van der Waals surface area contributed by atoms with Gasteiger partial charge in [0.2, 0.25) is 0 Å². The van der Waals surface area contributed by atoms with Crippen LogP contribution >= 0.6 is 27.5 Å². The van der Waals surface area contributed by atoms with Gasteiger partial charge in [0, 0.05) is 21.4 Å². The first kappa shape index (κ1) is 15.8. The highest BCUT2D eigenvalue weighted by atomic mass is 79.9. The number of benzene rings is 1. The summed E-state index contributed by atoms with van der Waals surface area (Å²) in [5.41, 5.74) is -0.851. The maximum atomic E-state index is 12.8. The molecule has 1 heterocycles. The Hall–Kier alpha value is -1.60. The molecule has 1 aromatic heterocycles. The van der Waals surface area contributed by atoms with E-state index in [0.717, 1.165) is 6.07 Å². The minimum atomic E-state index is -4.52. The van der Waals surface area contributed by atoms with Gasteiger partial charge in [-0.3, -0.25) is 9.78 Å². The van der Waals surface area contributed by atoms with Crippen LogP contribution in [0.2, 0.25) is 5.02 Å². The standard InChI is InChI=1S/C13H7BrClF3N2O/c14-10-2-1-8(6-9(10)13(16,17)18)20-12(21)11-5-7(15)3-4-19-11/h1-6H,(H,20,21). The zero-order valence-electron chi connectivity index (χ0n) is 10.2. The predicted molar refractivity (Wildman–Crippen MR) is 76.3 cm³/mol. The van der Waals surface area contributed by atoms with Crippen molar-refractivity contribution >= 4 is 39.1 Å². The number of carbonyl (C=O) groups is 1. The molecule has 0 spiro atoms. The fourth-order valence-corrected chi connectivity index (χ4v) is 2.18. The molecule has 0 aliphatic carbocycles. The summed E-state index contributed by atoms with van der Waals surface area (Å²) in [6.07, 6.45) is -3.19. The van der Waals surface area contributed by atoms with Gasteiger partial charge < -0.3 is 5.32 Å². The number of amides is 1. The van der Waals surface area contributed by atoms with Crippen LogP contribution in [0.4, 0.5) is 18.9 Å². The van der Waals surface area contributed by atoms with Gasteiger partial charge in [-0.2, -0.15) is 13.2 Å². The summed E-state index contributed by atoms with van der Waals surface area (Å²) in [5.74, 6) is -0.645. The van der Waals surface area contributed by atoms with Crippen LogP contribution in [-0.2, 0) is 6.18 Å². The van der Waals surface area contributed by atoms with Crippen LogP contribution in [0.1, 0.15) is 16.1 Å². The van der Waals surface area contributed by atoms with Crippen molar-refractivity contribution in [2.24, 2.45) is 0 Å². The molecule has 0 unspecified atom stereocenters. The first-order valence-electron chi connectivity index (χ1n) is 5.57. The number of hydrogen-bond acceptors (Lipinski definition) is 2. The highest BCUT2D eigenvalue weighted by molar-refractivity contribution is 9.10. The fraction of sp³-hybridized carbons (Fsp3) is 0.0769. The van der Waals surface area contributed by atoms with Crippen LogP contribution < -0.4 is 5.32 Å². The smallest absolute Gasteiger partial charge is 0.321 e. The van der Waals surface area contributed by atoms with Crippen LogP contribution in [0.25, 0.3) is 0 Å². The lowest BCUT2D eigenvalue weighted by atomic mass is 10.2. The first-order valence-corrected chi connectivity index (χ1v) is 6.74. The van der Waals surface area contributed by atoms with Crippen LogP contribution in [-0.4, -0.2) is 10.9 Å². The summed E-state index contributed by atoms with van der Waals surface area (Å²) in [6, 6.07) is 6.21. The third-order valence-corrected chi connectivity index (χ3v) is 3.41. The van der Waals surface area contributed by atoms with E-state index in [9.17, 15) is 18.0 Å². The quantitative estimate of drug-likeness (QED) is 0.817. The van der Waals surface area contributed by atoms with Crippen LogP contribution in [0.15, 0.2) is 41.0 Å². The third kappa shape index (κ3) is 3.95. The topological polar surface area (TPSA) is 42.0 Å². The van der Waals surface area contributed by atoms with Gasteiger partial charge in [-0.1, -0.05) is 27.5 Å². The molecule has 0 aliphatic rings. The molecule has 2 rings (SSSR count). The van der Waals surface area contributed by atoms with E-state index in [0.29, 0.717) is 5.02 Å². The van der Waals surface area contributed by atoms with Crippen molar-refractivity contribution in [3.8, 4) is 0 Å². The number of alkyl halides is 3. The zero-order chi connectivity index (χ0) is 15.6. The van der Waals surface area contributed by atoms with Gasteiger partial charge in [0.1, 0.15) is 5.69 Å². The summed E-state index contributed by atoms with van der Waals surface area (Å²) in [5, 5.41) is 2.65. The van der Waals surface area contributed by atoms with E-state index in [1.165, 1.54) is 30.5 Å². The molecule has 0 radical (unpaired) electrons. The average molecular weight is 380 g/mol. The van der Waals surface area contributed by atoms with Crippen molar-refractivity contribution in [2.45, 2.75) is 6.18 Å². The van der Waals surface area contributed by atoms with E-state index in [-0.39, 0.29) is 15.9 Å². The lowest BCUT2D eigenvalue weighted by Crippen LogP contribution is -2.14. The van der Waals surface area contributed by atoms with Gasteiger partial charge in [0.25, 0.3) is 5.91 Å². The SMILES string of the molecule is O=C(Nc1ccc(Br)c(C(F)(F)F)c1)c1cc(Cl)ccn1. The van der Waals surface area contributed by atoms with Gasteiger partial charge >= 0.3 is 6.18 Å². The van der Waals surface area contributed by atoms with Crippen molar-refractivity contribution in [1.29, 1.82) is 0 Å². The number of rotatable bonds is 2. The second-order valence-corrected chi connectivity index (χ2v) is 5.30. The van der Waals surface area contributed by atoms with E-state index in [1.807, 2.05) is 0 Å². The first-order chi connectivity index (χ1) is 9.77. The second-order valence-electron chi connectivity index (χ2n) is 4.01. The van der Waals surface area contributed by atoms with E-state index in [1.54, 1.807) is 0 Å². The predicted octanol–water partition coefficient (Wildman–Crippen LogP) is 4.77. The highest BCUT2D eigenvalue weighted by Crippen LogP contribution is 2.36. The van der Waals surface area contributed by atoms with Crippen LogP contribution in [0.3, 0.4) is 0 Å². The molecule has 0 saturated heterocycles. The Morgan fingerprint density at radius 3 is 2.57 bits per heavy atom. The van der Waals surface area contributed by atoms with Gasteiger partial charge in [0.05, 0.1) is 5.56 Å². The van der Waals surface area contributed by atoms with Gasteiger partial charge in [0.15, 0.2) is 0 Å². The van der Waals surface area contributed by atoms with Gasteiger partial charge in [-0.15, -0.1) is 0 Å². The molecule has 1 N–H and O–H groups in total. The Bertz CT molecular complexity index is 691. The molecule has 0 bridgehead atoms. The lowest BCUT2D eigenvalue weighted by Gasteiger charge is -2.11.